The topological polar surface area (TPSA) is 35.5 Å². The molecule has 0 heterocycles. The molecule has 2 aromatic rings. The molecular weight excluding hydrogens is 470 g/mol. The fourth-order valence-electron chi connectivity index (χ4n) is 5.24. The predicted molar refractivity (Wildman–Crippen MR) is 159 cm³/mol. The standard InChI is InChI=1S/C34H54NO3/c1-6-8-9-10-11-12-13-14-15-17-22-30-25-20-26-32(27-30)37-29(3)38-34(36)33(21-7-2)35(4,5)28-31-23-18-16-19-24-31/h16,18-20,23-27,29,33H,6-15,17,21-22,28H2,1-5H3/q+1. The lowest BCUT2D eigenvalue weighted by Crippen LogP contribution is -2.53. The third kappa shape index (κ3) is 12.5. The number of carbonyl (C=O) groups excluding carboxylic acids is 1. The van der Waals surface area contributed by atoms with Gasteiger partial charge in [0.05, 0.1) is 14.1 Å². The van der Waals surface area contributed by atoms with E-state index in [9.17, 15) is 4.79 Å². The molecule has 38 heavy (non-hydrogen) atoms. The van der Waals surface area contributed by atoms with Crippen LogP contribution in [0.2, 0.25) is 0 Å². The average molecular weight is 525 g/mol. The lowest BCUT2D eigenvalue weighted by Gasteiger charge is -2.37. The fraction of sp³-hybridized carbons (Fsp3) is 0.618. The number of esters is 1. The van der Waals surface area contributed by atoms with E-state index in [0.717, 1.165) is 31.6 Å². The molecule has 0 radical (unpaired) electrons. The molecular formula is C34H54NO3+. The Kier molecular flexibility index (Phi) is 15.1. The highest BCUT2D eigenvalue weighted by molar-refractivity contribution is 5.74. The largest absolute Gasteiger partial charge is 0.455 e. The second-order valence-electron chi connectivity index (χ2n) is 11.4. The monoisotopic (exact) mass is 524 g/mol. The first kappa shape index (κ1) is 31.9. The summed E-state index contributed by atoms with van der Waals surface area (Å²) in [4.78, 5) is 13.2. The summed E-state index contributed by atoms with van der Waals surface area (Å²) in [5.74, 6) is 0.571. The molecule has 0 saturated carbocycles. The summed E-state index contributed by atoms with van der Waals surface area (Å²) < 4.78 is 12.4. The van der Waals surface area contributed by atoms with Crippen molar-refractivity contribution >= 4 is 5.97 Å². The molecule has 2 atom stereocenters. The van der Waals surface area contributed by atoms with E-state index in [2.05, 4.69) is 52.2 Å². The van der Waals surface area contributed by atoms with Crippen LogP contribution in [0.4, 0.5) is 0 Å². The van der Waals surface area contributed by atoms with Crippen LogP contribution >= 0.6 is 0 Å². The summed E-state index contributed by atoms with van der Waals surface area (Å²) in [5, 5.41) is 0. The molecule has 0 aliphatic carbocycles. The minimum absolute atomic E-state index is 0.193. The second kappa shape index (κ2) is 18.0. The molecule has 0 spiro atoms. The lowest BCUT2D eigenvalue weighted by atomic mass is 10.0. The van der Waals surface area contributed by atoms with Crippen LogP contribution in [0.1, 0.15) is 109 Å². The van der Waals surface area contributed by atoms with Crippen LogP contribution in [0.5, 0.6) is 5.75 Å². The first-order valence-corrected chi connectivity index (χ1v) is 15.2. The molecule has 0 aliphatic heterocycles. The van der Waals surface area contributed by atoms with Gasteiger partial charge < -0.3 is 14.0 Å². The van der Waals surface area contributed by atoms with Crippen molar-refractivity contribution in [1.82, 2.24) is 0 Å². The Bertz CT molecular complexity index is 896. The molecule has 0 aromatic heterocycles. The van der Waals surface area contributed by atoms with Crippen LogP contribution in [-0.4, -0.2) is 36.9 Å². The van der Waals surface area contributed by atoms with Crippen molar-refractivity contribution in [2.24, 2.45) is 0 Å². The zero-order chi connectivity index (χ0) is 27.6. The number of nitrogens with zero attached hydrogens (tertiary/aromatic N) is 1. The van der Waals surface area contributed by atoms with Gasteiger partial charge in [0.15, 0.2) is 6.04 Å². The Labute approximate surface area is 233 Å². The van der Waals surface area contributed by atoms with Gasteiger partial charge in [0.25, 0.3) is 0 Å². The second-order valence-corrected chi connectivity index (χ2v) is 11.4. The SMILES string of the molecule is CCCCCCCCCCCCc1cccc(OC(C)OC(=O)C(CCC)[N+](C)(C)Cc2ccccc2)c1. The highest BCUT2D eigenvalue weighted by atomic mass is 16.7. The van der Waals surface area contributed by atoms with Crippen molar-refractivity contribution in [3.63, 3.8) is 0 Å². The van der Waals surface area contributed by atoms with E-state index in [-0.39, 0.29) is 12.0 Å². The molecule has 2 aromatic carbocycles. The van der Waals surface area contributed by atoms with E-state index in [4.69, 9.17) is 9.47 Å². The van der Waals surface area contributed by atoms with Crippen molar-refractivity contribution < 1.29 is 18.8 Å². The first-order valence-electron chi connectivity index (χ1n) is 15.2. The third-order valence-corrected chi connectivity index (χ3v) is 7.41. The van der Waals surface area contributed by atoms with E-state index in [0.29, 0.717) is 4.48 Å². The lowest BCUT2D eigenvalue weighted by molar-refractivity contribution is -0.920. The van der Waals surface area contributed by atoms with E-state index in [1.807, 2.05) is 37.3 Å². The number of quaternary nitrogens is 1. The summed E-state index contributed by atoms with van der Waals surface area (Å²) in [6, 6.07) is 18.3. The summed E-state index contributed by atoms with van der Waals surface area (Å²) in [5.41, 5.74) is 2.50. The number of benzene rings is 2. The Morgan fingerprint density at radius 2 is 1.37 bits per heavy atom. The zero-order valence-electron chi connectivity index (χ0n) is 24.9. The highest BCUT2D eigenvalue weighted by Crippen LogP contribution is 2.22. The average Bonchev–Trinajstić information content (AvgIpc) is 2.88. The van der Waals surface area contributed by atoms with Crippen LogP contribution in [0.15, 0.2) is 54.6 Å². The van der Waals surface area contributed by atoms with Crippen molar-refractivity contribution in [1.29, 1.82) is 0 Å². The fourth-order valence-corrected chi connectivity index (χ4v) is 5.24. The van der Waals surface area contributed by atoms with Crippen molar-refractivity contribution in [3.8, 4) is 5.75 Å². The maximum absolute atomic E-state index is 13.2. The van der Waals surface area contributed by atoms with Gasteiger partial charge in [0.2, 0.25) is 6.29 Å². The molecule has 0 saturated heterocycles. The van der Waals surface area contributed by atoms with Crippen molar-refractivity contribution in [2.45, 2.75) is 123 Å². The van der Waals surface area contributed by atoms with E-state index in [1.54, 1.807) is 0 Å². The zero-order valence-corrected chi connectivity index (χ0v) is 24.9. The maximum Gasteiger partial charge on any atom is 0.368 e. The number of ether oxygens (including phenoxy) is 2. The highest BCUT2D eigenvalue weighted by Gasteiger charge is 2.36. The van der Waals surface area contributed by atoms with Gasteiger partial charge in [0, 0.05) is 18.9 Å². The normalized spacial score (nSPS) is 13.2. The van der Waals surface area contributed by atoms with Crippen LogP contribution < -0.4 is 4.74 Å². The quantitative estimate of drug-likeness (QED) is 0.0751. The molecule has 2 rings (SSSR count). The van der Waals surface area contributed by atoms with Crippen molar-refractivity contribution in [2.75, 3.05) is 14.1 Å². The molecule has 2 unspecified atom stereocenters. The van der Waals surface area contributed by atoms with Gasteiger partial charge in [-0.2, -0.15) is 0 Å². The first-order chi connectivity index (χ1) is 18.4. The predicted octanol–water partition coefficient (Wildman–Crippen LogP) is 8.86. The molecule has 0 aliphatic rings. The summed E-state index contributed by atoms with van der Waals surface area (Å²) >= 11 is 0. The minimum atomic E-state index is -0.633. The molecule has 0 amide bonds. The van der Waals surface area contributed by atoms with Crippen LogP contribution in [0.25, 0.3) is 0 Å². The van der Waals surface area contributed by atoms with Gasteiger partial charge >= 0.3 is 5.97 Å². The van der Waals surface area contributed by atoms with Gasteiger partial charge in [-0.05, 0) is 37.0 Å². The molecule has 212 valence electrons. The van der Waals surface area contributed by atoms with Crippen LogP contribution in [-0.2, 0) is 22.5 Å². The van der Waals surface area contributed by atoms with Gasteiger partial charge in [-0.1, -0.05) is 114 Å². The van der Waals surface area contributed by atoms with Gasteiger partial charge in [-0.15, -0.1) is 0 Å². The Morgan fingerprint density at radius 3 is 2.00 bits per heavy atom. The van der Waals surface area contributed by atoms with E-state index < -0.39 is 6.29 Å². The number of unbranched alkanes of at least 4 members (excludes halogenated alkanes) is 9. The van der Waals surface area contributed by atoms with Crippen LogP contribution in [0, 0.1) is 0 Å². The Hall–Kier alpha value is -2.33. The summed E-state index contributed by atoms with van der Waals surface area (Å²) in [7, 11) is 4.22. The smallest absolute Gasteiger partial charge is 0.368 e. The Balaban J connectivity index is 1.78. The Morgan fingerprint density at radius 1 is 0.763 bits per heavy atom. The van der Waals surface area contributed by atoms with Crippen LogP contribution in [0.3, 0.4) is 0 Å². The maximum atomic E-state index is 13.2. The number of hydrogen-bond donors (Lipinski definition) is 0. The van der Waals surface area contributed by atoms with E-state index in [1.165, 1.54) is 75.3 Å². The minimum Gasteiger partial charge on any atom is -0.455 e. The number of rotatable bonds is 20. The summed E-state index contributed by atoms with van der Waals surface area (Å²) in [6.45, 7) is 6.97. The number of aryl methyl sites for hydroxylation is 1. The molecule has 0 N–H and O–H groups in total. The molecule has 4 heteroatoms. The molecule has 4 nitrogen and oxygen atoms in total. The van der Waals surface area contributed by atoms with Gasteiger partial charge in [-0.3, -0.25) is 0 Å². The number of likely N-dealkylation sites (N-methyl/N-ethyl adjacent to an activating group) is 1. The number of hydrogen-bond acceptors (Lipinski definition) is 3. The van der Waals surface area contributed by atoms with E-state index >= 15 is 0 Å². The summed E-state index contributed by atoms with van der Waals surface area (Å²) in [6.07, 6.45) is 15.6. The van der Waals surface area contributed by atoms with Gasteiger partial charge in [-0.25, -0.2) is 4.79 Å². The van der Waals surface area contributed by atoms with Gasteiger partial charge in [0.1, 0.15) is 12.3 Å². The van der Waals surface area contributed by atoms with Crippen molar-refractivity contribution in [3.05, 3.63) is 65.7 Å². The number of carbonyl (C=O) groups is 1. The molecule has 0 bridgehead atoms. The third-order valence-electron chi connectivity index (χ3n) is 7.41. The molecule has 0 fully saturated rings.